The highest BCUT2D eigenvalue weighted by atomic mass is 16.5. The van der Waals surface area contributed by atoms with Crippen molar-refractivity contribution in [2.45, 2.75) is 90.4 Å². The lowest BCUT2D eigenvalue weighted by Crippen LogP contribution is -2.31. The molecule has 0 unspecified atom stereocenters. The Morgan fingerprint density at radius 1 is 0.561 bits per heavy atom. The molecule has 0 aliphatic carbocycles. The van der Waals surface area contributed by atoms with Gasteiger partial charge in [-0.15, -0.1) is 0 Å². The zero-order valence-electron chi connectivity index (χ0n) is 24.1. The molecule has 0 aliphatic rings. The molecule has 0 heterocycles. The minimum absolute atomic E-state index is 0.0464. The molecule has 0 bridgehead atoms. The first kappa shape index (κ1) is 37.7. The Morgan fingerprint density at radius 2 is 0.951 bits per heavy atom. The molecule has 0 aromatic rings. The van der Waals surface area contributed by atoms with Crippen molar-refractivity contribution >= 4 is 35.9 Å². The lowest BCUT2D eigenvalue weighted by atomic mass is 10.2. The number of nitrogens with zero attached hydrogens (tertiary/aromatic N) is 3. The maximum atomic E-state index is 12.0. The number of nitrogens with one attached hydrogen (secondary N) is 3. The number of carbonyl (C=O) groups excluding carboxylic acids is 6. The Kier molecular flexibility index (Phi) is 22.5. The number of hydroxylamine groups is 6. The van der Waals surface area contributed by atoms with E-state index in [-0.39, 0.29) is 57.1 Å². The lowest BCUT2D eigenvalue weighted by molar-refractivity contribution is -0.166. The van der Waals surface area contributed by atoms with Crippen LogP contribution in [-0.2, 0) is 28.8 Å². The van der Waals surface area contributed by atoms with Crippen LogP contribution >= 0.6 is 0 Å². The first-order chi connectivity index (χ1) is 19.6. The third-order valence-electron chi connectivity index (χ3n) is 6.08. The van der Waals surface area contributed by atoms with Crippen LogP contribution in [0, 0.1) is 0 Å². The second-order valence-electron chi connectivity index (χ2n) is 9.63. The summed E-state index contributed by atoms with van der Waals surface area (Å²) >= 11 is 0. The van der Waals surface area contributed by atoms with Gasteiger partial charge in [-0.2, -0.15) is 0 Å². The van der Waals surface area contributed by atoms with Gasteiger partial charge in [0.2, 0.25) is 35.9 Å². The van der Waals surface area contributed by atoms with Gasteiger partial charge in [0.15, 0.2) is 0 Å². The molecule has 15 heteroatoms. The largest absolute Gasteiger partial charge is 0.359 e. The molecule has 0 atom stereocenters. The normalized spacial score (nSPS) is 10.4. The molecule has 15 nitrogen and oxygen atoms in total. The topological polar surface area (TPSA) is 209 Å². The summed E-state index contributed by atoms with van der Waals surface area (Å²) in [6.07, 6.45) is 6.09. The van der Waals surface area contributed by atoms with Crippen molar-refractivity contribution in [3.8, 4) is 0 Å². The monoisotopic (exact) mass is 588 g/mol. The van der Waals surface area contributed by atoms with E-state index in [0.29, 0.717) is 86.2 Å². The zero-order chi connectivity index (χ0) is 30.9. The average Bonchev–Trinajstić information content (AvgIpc) is 2.95. The average molecular weight is 589 g/mol. The van der Waals surface area contributed by atoms with Crippen LogP contribution in [0.5, 0.6) is 0 Å². The van der Waals surface area contributed by atoms with E-state index in [1.165, 1.54) is 6.92 Å². The van der Waals surface area contributed by atoms with Crippen LogP contribution in [0.2, 0.25) is 0 Å². The molecule has 0 aliphatic heterocycles. The third-order valence-corrected chi connectivity index (χ3v) is 6.08. The fraction of sp³-hybridized carbons (Fsp3) is 0.769. The van der Waals surface area contributed by atoms with Gasteiger partial charge >= 0.3 is 0 Å². The molecule has 236 valence electrons. The van der Waals surface area contributed by atoms with Crippen LogP contribution < -0.4 is 16.0 Å². The quantitative estimate of drug-likeness (QED) is 0.0383. The standard InChI is InChI=1S/C26H48N6O9/c1-22(34)30(39)18-8-3-6-16-28-23(35)12-14-26(38)32(41)20-10-4-7-17-29-24(36)11-13-25(37)31(40)19-9-2-5-15-27-21-33/h21,39-41H,2-20H2,1H3,(H,27,33)(H,28,35)(H,29,36). The Balaban J connectivity index is 3.75. The van der Waals surface area contributed by atoms with Gasteiger partial charge < -0.3 is 16.0 Å². The second-order valence-corrected chi connectivity index (χ2v) is 9.63. The fourth-order valence-corrected chi connectivity index (χ4v) is 3.59. The van der Waals surface area contributed by atoms with Crippen molar-refractivity contribution in [2.24, 2.45) is 0 Å². The minimum Gasteiger partial charge on any atom is -0.359 e. The summed E-state index contributed by atoms with van der Waals surface area (Å²) in [6.45, 7) is 3.10. The highest BCUT2D eigenvalue weighted by Crippen LogP contribution is 2.03. The van der Waals surface area contributed by atoms with E-state index in [4.69, 9.17) is 0 Å². The maximum absolute atomic E-state index is 12.0. The van der Waals surface area contributed by atoms with Crippen molar-refractivity contribution in [1.82, 2.24) is 31.1 Å². The predicted molar refractivity (Wildman–Crippen MR) is 146 cm³/mol. The molecule has 0 saturated carbocycles. The van der Waals surface area contributed by atoms with Gasteiger partial charge in [0.05, 0.1) is 0 Å². The molecule has 0 saturated heterocycles. The van der Waals surface area contributed by atoms with E-state index < -0.39 is 17.7 Å². The smallest absolute Gasteiger partial charge is 0.246 e. The first-order valence-electron chi connectivity index (χ1n) is 14.2. The number of amides is 6. The Morgan fingerprint density at radius 3 is 1.34 bits per heavy atom. The molecule has 0 rings (SSSR count). The van der Waals surface area contributed by atoms with Crippen molar-refractivity contribution in [1.29, 1.82) is 0 Å². The molecule has 0 spiro atoms. The van der Waals surface area contributed by atoms with Crippen molar-refractivity contribution < 1.29 is 44.4 Å². The Bertz CT molecular complexity index is 799. The van der Waals surface area contributed by atoms with E-state index in [9.17, 15) is 44.4 Å². The molecule has 0 aromatic heterocycles. The maximum Gasteiger partial charge on any atom is 0.246 e. The Labute approximate surface area is 241 Å². The lowest BCUT2D eigenvalue weighted by Gasteiger charge is -2.15. The molecule has 6 N–H and O–H groups in total. The van der Waals surface area contributed by atoms with Gasteiger partial charge in [0.25, 0.3) is 0 Å². The number of hydrogen-bond donors (Lipinski definition) is 6. The Hall–Kier alpha value is -3.30. The highest BCUT2D eigenvalue weighted by Gasteiger charge is 2.14. The van der Waals surface area contributed by atoms with E-state index in [1.807, 2.05) is 0 Å². The molecule has 0 aromatic carbocycles. The van der Waals surface area contributed by atoms with Gasteiger partial charge in [-0.1, -0.05) is 0 Å². The number of unbranched alkanes of at least 4 members (excludes halogenated alkanes) is 6. The van der Waals surface area contributed by atoms with Gasteiger partial charge in [-0.3, -0.25) is 44.4 Å². The van der Waals surface area contributed by atoms with E-state index in [1.54, 1.807) is 0 Å². The van der Waals surface area contributed by atoms with Crippen LogP contribution in [-0.4, -0.2) is 106 Å². The molecular formula is C26H48N6O9. The van der Waals surface area contributed by atoms with Crippen molar-refractivity contribution in [2.75, 3.05) is 39.3 Å². The summed E-state index contributed by atoms with van der Waals surface area (Å²) in [6, 6.07) is 0. The second kappa shape index (κ2) is 24.5. The number of rotatable bonds is 25. The molecule has 6 amide bonds. The van der Waals surface area contributed by atoms with Crippen LogP contribution in [0.4, 0.5) is 0 Å². The molecule has 0 fully saturated rings. The fourth-order valence-electron chi connectivity index (χ4n) is 3.59. The van der Waals surface area contributed by atoms with Crippen molar-refractivity contribution in [3.63, 3.8) is 0 Å². The van der Waals surface area contributed by atoms with Gasteiger partial charge in [-0.05, 0) is 57.8 Å². The molecular weight excluding hydrogens is 540 g/mol. The van der Waals surface area contributed by atoms with Gasteiger partial charge in [0, 0.05) is 71.9 Å². The van der Waals surface area contributed by atoms with Gasteiger partial charge in [-0.25, -0.2) is 15.2 Å². The minimum atomic E-state index is -0.557. The predicted octanol–water partition coefficient (Wildman–Crippen LogP) is 0.709. The molecule has 0 radical (unpaired) electrons. The van der Waals surface area contributed by atoms with E-state index >= 15 is 0 Å². The number of carbonyl (C=O) groups is 6. The van der Waals surface area contributed by atoms with E-state index in [2.05, 4.69) is 16.0 Å². The van der Waals surface area contributed by atoms with Gasteiger partial charge in [0.1, 0.15) is 0 Å². The van der Waals surface area contributed by atoms with Crippen molar-refractivity contribution in [3.05, 3.63) is 0 Å². The summed E-state index contributed by atoms with van der Waals surface area (Å²) in [5.74, 6) is -2.13. The summed E-state index contributed by atoms with van der Waals surface area (Å²) in [4.78, 5) is 68.7. The zero-order valence-corrected chi connectivity index (χ0v) is 24.1. The molecule has 41 heavy (non-hydrogen) atoms. The van der Waals surface area contributed by atoms with Crippen LogP contribution in [0.1, 0.15) is 90.4 Å². The number of hydrogen-bond acceptors (Lipinski definition) is 9. The summed E-state index contributed by atoms with van der Waals surface area (Å²) in [5, 5.41) is 38.6. The first-order valence-corrected chi connectivity index (χ1v) is 14.2. The van der Waals surface area contributed by atoms with Crippen LogP contribution in [0.25, 0.3) is 0 Å². The summed E-state index contributed by atoms with van der Waals surface area (Å²) in [5.41, 5.74) is 0. The van der Waals surface area contributed by atoms with Crippen LogP contribution in [0.3, 0.4) is 0 Å². The SMILES string of the molecule is CC(=O)N(O)CCCCCNC(=O)CCC(=O)N(O)CCCCCNC(=O)CCC(=O)N(O)CCCCCNC=O. The summed E-state index contributed by atoms with van der Waals surface area (Å²) < 4.78 is 0. The third kappa shape index (κ3) is 22.1. The summed E-state index contributed by atoms with van der Waals surface area (Å²) in [7, 11) is 0. The highest BCUT2D eigenvalue weighted by molar-refractivity contribution is 5.83. The van der Waals surface area contributed by atoms with E-state index in [0.717, 1.165) is 12.8 Å². The van der Waals surface area contributed by atoms with Crippen LogP contribution in [0.15, 0.2) is 0 Å².